The van der Waals surface area contributed by atoms with Crippen LogP contribution in [0, 0.1) is 6.92 Å². The first-order valence-corrected chi connectivity index (χ1v) is 7.06. The van der Waals surface area contributed by atoms with Crippen molar-refractivity contribution in [2.45, 2.75) is 19.7 Å². The quantitative estimate of drug-likeness (QED) is 0.767. The first kappa shape index (κ1) is 18.5. The van der Waals surface area contributed by atoms with Crippen LogP contribution in [0.2, 0.25) is 0 Å². The first-order chi connectivity index (χ1) is 11.8. The number of hydrogen-bond donors (Lipinski definition) is 0. The molecule has 0 aliphatic rings. The van der Waals surface area contributed by atoms with Crippen molar-refractivity contribution in [2.75, 3.05) is 14.2 Å². The van der Waals surface area contributed by atoms with Crippen molar-refractivity contribution in [3.05, 3.63) is 46.6 Å². The average Bonchev–Trinajstić information content (AvgIpc) is 2.59. The van der Waals surface area contributed by atoms with Crippen LogP contribution in [0.1, 0.15) is 27.2 Å². The van der Waals surface area contributed by atoms with E-state index in [2.05, 4.69) is 14.7 Å². The third-order valence-electron chi connectivity index (χ3n) is 3.27. The Kier molecular flexibility index (Phi) is 5.45. The van der Waals surface area contributed by atoms with Crippen molar-refractivity contribution >= 4 is 5.97 Å². The summed E-state index contributed by atoms with van der Waals surface area (Å²) in [5, 5.41) is 0. The predicted octanol–water partition coefficient (Wildman–Crippen LogP) is 3.18. The van der Waals surface area contributed by atoms with Crippen LogP contribution in [-0.2, 0) is 17.5 Å². The molecule has 0 bridgehead atoms. The lowest BCUT2D eigenvalue weighted by molar-refractivity contribution is -0.137. The summed E-state index contributed by atoms with van der Waals surface area (Å²) in [5.74, 6) is -0.688. The van der Waals surface area contributed by atoms with Gasteiger partial charge in [0.15, 0.2) is 5.69 Å². The maximum absolute atomic E-state index is 12.7. The Balaban J connectivity index is 2.27. The summed E-state index contributed by atoms with van der Waals surface area (Å²) in [7, 11) is 2.50. The topological polar surface area (TPSA) is 70.5 Å². The Morgan fingerprint density at radius 1 is 1.20 bits per heavy atom. The summed E-state index contributed by atoms with van der Waals surface area (Å²) in [6, 6.07) is 4.61. The monoisotopic (exact) mass is 356 g/mol. The smallest absolute Gasteiger partial charge is 0.416 e. The minimum Gasteiger partial charge on any atom is -0.472 e. The molecule has 1 aromatic heterocycles. The maximum atomic E-state index is 12.7. The van der Waals surface area contributed by atoms with E-state index in [9.17, 15) is 18.0 Å². The van der Waals surface area contributed by atoms with Gasteiger partial charge >= 0.3 is 18.2 Å². The van der Waals surface area contributed by atoms with Gasteiger partial charge in [0.2, 0.25) is 5.88 Å². The summed E-state index contributed by atoms with van der Waals surface area (Å²) < 4.78 is 53.2. The van der Waals surface area contributed by atoms with Gasteiger partial charge in [-0.25, -0.2) is 4.79 Å². The fraction of sp³-hybridized carbons (Fsp3) is 0.312. The number of carbonyl (C=O) groups is 1. The zero-order valence-electron chi connectivity index (χ0n) is 13.7. The minimum absolute atomic E-state index is 0.0182. The molecule has 0 radical (unpaired) electrons. The second-order valence-electron chi connectivity index (χ2n) is 4.97. The highest BCUT2D eigenvalue weighted by Crippen LogP contribution is 2.30. The van der Waals surface area contributed by atoms with Crippen LogP contribution in [0.4, 0.5) is 13.2 Å². The molecule has 1 heterocycles. The highest BCUT2D eigenvalue weighted by atomic mass is 19.4. The zero-order valence-corrected chi connectivity index (χ0v) is 13.7. The van der Waals surface area contributed by atoms with Crippen LogP contribution in [-0.4, -0.2) is 30.2 Å². The third-order valence-corrected chi connectivity index (χ3v) is 3.27. The molecule has 25 heavy (non-hydrogen) atoms. The Hall–Kier alpha value is -2.84. The fourth-order valence-electron chi connectivity index (χ4n) is 1.99. The van der Waals surface area contributed by atoms with Crippen molar-refractivity contribution in [2.24, 2.45) is 0 Å². The molecule has 0 amide bonds. The molecule has 0 atom stereocenters. The van der Waals surface area contributed by atoms with Crippen LogP contribution in [0.25, 0.3) is 0 Å². The molecule has 0 fully saturated rings. The summed E-state index contributed by atoms with van der Waals surface area (Å²) in [4.78, 5) is 19.6. The molecule has 2 aromatic rings. The largest absolute Gasteiger partial charge is 0.472 e. The molecule has 0 aliphatic heterocycles. The molecule has 0 aliphatic carbocycles. The van der Waals surface area contributed by atoms with Crippen molar-refractivity contribution in [1.29, 1.82) is 0 Å². The second-order valence-corrected chi connectivity index (χ2v) is 4.97. The molecule has 6 nitrogen and oxygen atoms in total. The number of rotatable bonds is 5. The van der Waals surface area contributed by atoms with Gasteiger partial charge < -0.3 is 14.2 Å². The number of ether oxygens (including phenoxy) is 3. The SMILES string of the molecule is COC(=O)c1nc(OC)nc(OCc2cccc(C(F)(F)F)c2)c1C. The van der Waals surface area contributed by atoms with Gasteiger partial charge in [0.25, 0.3) is 0 Å². The van der Waals surface area contributed by atoms with E-state index in [1.807, 2.05) is 0 Å². The second kappa shape index (κ2) is 7.37. The normalized spacial score (nSPS) is 11.1. The molecular weight excluding hydrogens is 341 g/mol. The molecular formula is C16H15F3N2O4. The highest BCUT2D eigenvalue weighted by molar-refractivity contribution is 5.89. The van der Waals surface area contributed by atoms with Crippen molar-refractivity contribution in [1.82, 2.24) is 9.97 Å². The lowest BCUT2D eigenvalue weighted by Gasteiger charge is -2.13. The number of aromatic nitrogens is 2. The number of methoxy groups -OCH3 is 2. The molecule has 2 rings (SSSR count). The maximum Gasteiger partial charge on any atom is 0.416 e. The van der Waals surface area contributed by atoms with E-state index in [-0.39, 0.29) is 24.2 Å². The van der Waals surface area contributed by atoms with Gasteiger partial charge in [-0.2, -0.15) is 23.1 Å². The molecule has 9 heteroatoms. The Labute approximate surface area is 141 Å². The molecule has 0 spiro atoms. The van der Waals surface area contributed by atoms with Crippen molar-refractivity contribution in [3.8, 4) is 11.9 Å². The van der Waals surface area contributed by atoms with E-state index in [1.165, 1.54) is 33.3 Å². The number of esters is 1. The van der Waals surface area contributed by atoms with Gasteiger partial charge in [0, 0.05) is 5.56 Å². The molecule has 0 unspecified atom stereocenters. The van der Waals surface area contributed by atoms with E-state index in [4.69, 9.17) is 9.47 Å². The van der Waals surface area contributed by atoms with Crippen LogP contribution < -0.4 is 9.47 Å². The van der Waals surface area contributed by atoms with Gasteiger partial charge in [0.05, 0.1) is 19.8 Å². The molecule has 1 aromatic carbocycles. The fourth-order valence-corrected chi connectivity index (χ4v) is 1.99. The number of hydrogen-bond acceptors (Lipinski definition) is 6. The van der Waals surface area contributed by atoms with E-state index < -0.39 is 17.7 Å². The van der Waals surface area contributed by atoms with E-state index in [0.717, 1.165) is 12.1 Å². The standard InChI is InChI=1S/C16H15F3N2O4/c1-9-12(14(22)23-2)20-15(24-3)21-13(9)25-8-10-5-4-6-11(7-10)16(17,18)19/h4-7H,8H2,1-3H3. The van der Waals surface area contributed by atoms with E-state index >= 15 is 0 Å². The summed E-state index contributed by atoms with van der Waals surface area (Å²) >= 11 is 0. The highest BCUT2D eigenvalue weighted by Gasteiger charge is 2.30. The minimum atomic E-state index is -4.44. The van der Waals surface area contributed by atoms with Crippen LogP contribution in [0.15, 0.2) is 24.3 Å². The Bertz CT molecular complexity index is 778. The lowest BCUT2D eigenvalue weighted by atomic mass is 10.1. The number of benzene rings is 1. The van der Waals surface area contributed by atoms with Crippen molar-refractivity contribution < 1.29 is 32.2 Å². The Morgan fingerprint density at radius 2 is 1.92 bits per heavy atom. The average molecular weight is 356 g/mol. The summed E-state index contributed by atoms with van der Waals surface area (Å²) in [6.07, 6.45) is -4.44. The van der Waals surface area contributed by atoms with E-state index in [1.54, 1.807) is 0 Å². The third kappa shape index (κ3) is 4.37. The molecule has 0 N–H and O–H groups in total. The van der Waals surface area contributed by atoms with Crippen LogP contribution >= 0.6 is 0 Å². The van der Waals surface area contributed by atoms with Gasteiger partial charge in [0.1, 0.15) is 6.61 Å². The molecule has 0 saturated heterocycles. The first-order valence-electron chi connectivity index (χ1n) is 7.06. The van der Waals surface area contributed by atoms with Crippen LogP contribution in [0.5, 0.6) is 11.9 Å². The van der Waals surface area contributed by atoms with Gasteiger partial charge in [-0.3, -0.25) is 0 Å². The zero-order chi connectivity index (χ0) is 18.6. The number of alkyl halides is 3. The molecule has 0 saturated carbocycles. The van der Waals surface area contributed by atoms with Crippen molar-refractivity contribution in [3.63, 3.8) is 0 Å². The van der Waals surface area contributed by atoms with Gasteiger partial charge in [-0.15, -0.1) is 0 Å². The summed E-state index contributed by atoms with van der Waals surface area (Å²) in [6.45, 7) is 1.36. The van der Waals surface area contributed by atoms with Gasteiger partial charge in [-0.05, 0) is 24.6 Å². The lowest BCUT2D eigenvalue weighted by Crippen LogP contribution is -2.12. The Morgan fingerprint density at radius 3 is 2.52 bits per heavy atom. The number of nitrogens with zero attached hydrogens (tertiary/aromatic N) is 2. The number of halogens is 3. The number of carbonyl (C=O) groups excluding carboxylic acids is 1. The van der Waals surface area contributed by atoms with Crippen LogP contribution in [0.3, 0.4) is 0 Å². The van der Waals surface area contributed by atoms with Gasteiger partial charge in [-0.1, -0.05) is 12.1 Å². The predicted molar refractivity (Wildman–Crippen MR) is 80.4 cm³/mol. The molecule has 134 valence electrons. The van der Waals surface area contributed by atoms with E-state index in [0.29, 0.717) is 11.1 Å². The summed E-state index contributed by atoms with van der Waals surface area (Å²) in [5.41, 5.74) is -0.236.